The number of thiophene rings is 1. The molecular formula is C18H26N3O4S2+. The maximum Gasteiger partial charge on any atom is 0.279 e. The molecule has 1 amide bonds. The van der Waals surface area contributed by atoms with Gasteiger partial charge in [-0.3, -0.25) is 4.79 Å². The van der Waals surface area contributed by atoms with Gasteiger partial charge in [0.15, 0.2) is 6.54 Å². The van der Waals surface area contributed by atoms with Crippen LogP contribution in [0.25, 0.3) is 0 Å². The summed E-state index contributed by atoms with van der Waals surface area (Å²) >= 11 is 1.67. The van der Waals surface area contributed by atoms with Gasteiger partial charge in [0.05, 0.1) is 18.5 Å². The lowest BCUT2D eigenvalue weighted by atomic mass is 10.3. The average Bonchev–Trinajstić information content (AvgIpc) is 3.13. The Morgan fingerprint density at radius 1 is 1.30 bits per heavy atom. The summed E-state index contributed by atoms with van der Waals surface area (Å²) in [6.45, 7) is 3.93. The van der Waals surface area contributed by atoms with Crippen molar-refractivity contribution in [1.29, 1.82) is 0 Å². The molecule has 2 aromatic rings. The predicted octanol–water partition coefficient (Wildman–Crippen LogP) is 1.05. The van der Waals surface area contributed by atoms with Crippen LogP contribution >= 0.6 is 11.3 Å². The molecule has 2 N–H and O–H groups in total. The van der Waals surface area contributed by atoms with Crippen LogP contribution in [0.3, 0.4) is 0 Å². The van der Waals surface area contributed by atoms with Crippen LogP contribution in [0.15, 0.2) is 40.6 Å². The smallest absolute Gasteiger partial charge is 0.279 e. The molecule has 1 aromatic carbocycles. The first-order valence-corrected chi connectivity index (χ1v) is 10.9. The fourth-order valence-electron chi connectivity index (χ4n) is 2.56. The van der Waals surface area contributed by atoms with Crippen molar-refractivity contribution in [2.24, 2.45) is 0 Å². The number of benzene rings is 1. The zero-order chi connectivity index (χ0) is 20.0. The number of likely N-dealkylation sites (N-methyl/N-ethyl adjacent to an activating group) is 1. The van der Waals surface area contributed by atoms with E-state index in [2.05, 4.69) is 11.4 Å². The molecule has 2 rings (SSSR count). The highest BCUT2D eigenvalue weighted by Crippen LogP contribution is 2.28. The van der Waals surface area contributed by atoms with Gasteiger partial charge in [-0.2, -0.15) is 0 Å². The first-order chi connectivity index (χ1) is 12.8. The summed E-state index contributed by atoms with van der Waals surface area (Å²) < 4.78 is 31.2. The van der Waals surface area contributed by atoms with Crippen LogP contribution in [-0.2, 0) is 21.4 Å². The van der Waals surface area contributed by atoms with Crippen molar-refractivity contribution < 1.29 is 22.8 Å². The second-order valence-electron chi connectivity index (χ2n) is 6.24. The lowest BCUT2D eigenvalue weighted by molar-refractivity contribution is -0.903. The van der Waals surface area contributed by atoms with E-state index >= 15 is 0 Å². The van der Waals surface area contributed by atoms with Crippen LogP contribution in [0, 0.1) is 0 Å². The Kier molecular flexibility index (Phi) is 7.37. The van der Waals surface area contributed by atoms with Gasteiger partial charge < -0.3 is 15.0 Å². The summed E-state index contributed by atoms with van der Waals surface area (Å²) in [5.74, 6) is 0.0713. The van der Waals surface area contributed by atoms with Gasteiger partial charge in [-0.15, -0.1) is 11.3 Å². The number of nitrogens with one attached hydrogen (secondary N) is 2. The Balaban J connectivity index is 2.13. The van der Waals surface area contributed by atoms with Crippen LogP contribution in [0.1, 0.15) is 11.8 Å². The van der Waals surface area contributed by atoms with E-state index < -0.39 is 10.0 Å². The van der Waals surface area contributed by atoms with Gasteiger partial charge >= 0.3 is 0 Å². The minimum absolute atomic E-state index is 0.0195. The minimum atomic E-state index is -3.69. The summed E-state index contributed by atoms with van der Waals surface area (Å²) in [4.78, 5) is 14.8. The second kappa shape index (κ2) is 9.32. The molecule has 27 heavy (non-hydrogen) atoms. The van der Waals surface area contributed by atoms with Crippen molar-refractivity contribution in [1.82, 2.24) is 4.31 Å². The number of quaternary nitrogens is 1. The van der Waals surface area contributed by atoms with E-state index in [0.29, 0.717) is 12.2 Å². The number of nitrogens with zero attached hydrogens (tertiary/aromatic N) is 1. The molecule has 1 unspecified atom stereocenters. The number of carbonyl (C=O) groups is 1. The molecule has 1 heterocycles. The molecule has 9 heteroatoms. The third-order valence-electron chi connectivity index (χ3n) is 4.12. The minimum Gasteiger partial charge on any atom is -0.495 e. The Labute approximate surface area is 164 Å². The highest BCUT2D eigenvalue weighted by atomic mass is 32.2. The number of anilines is 1. The maximum atomic E-state index is 12.5. The Hall–Kier alpha value is -1.94. The van der Waals surface area contributed by atoms with Gasteiger partial charge in [-0.1, -0.05) is 6.07 Å². The van der Waals surface area contributed by atoms with Crippen LogP contribution in [0.4, 0.5) is 5.69 Å². The van der Waals surface area contributed by atoms with Gasteiger partial charge in [0, 0.05) is 19.8 Å². The van der Waals surface area contributed by atoms with Crippen molar-refractivity contribution in [3.8, 4) is 5.75 Å². The Morgan fingerprint density at radius 2 is 2.04 bits per heavy atom. The fourth-order valence-corrected chi connectivity index (χ4v) is 4.41. The fraction of sp³-hybridized carbons (Fsp3) is 0.389. The summed E-state index contributed by atoms with van der Waals surface area (Å²) in [5.41, 5.74) is 0.424. The largest absolute Gasteiger partial charge is 0.495 e. The molecule has 0 bridgehead atoms. The zero-order valence-electron chi connectivity index (χ0n) is 16.0. The average molecular weight is 413 g/mol. The first kappa shape index (κ1) is 21.4. The summed E-state index contributed by atoms with van der Waals surface area (Å²) in [6, 6.07) is 8.66. The molecule has 0 aliphatic rings. The first-order valence-electron chi connectivity index (χ1n) is 8.54. The highest BCUT2D eigenvalue weighted by Gasteiger charge is 2.23. The van der Waals surface area contributed by atoms with E-state index in [0.717, 1.165) is 22.3 Å². The Bertz CT molecular complexity index is 865. The van der Waals surface area contributed by atoms with Crippen molar-refractivity contribution >= 4 is 33.0 Å². The number of sulfonamides is 1. The SMILES string of the molecule is CC[NH+](CC(=O)Nc1ccc(OC)c(S(=O)(=O)N(C)C)c1)Cc1cccs1. The topological polar surface area (TPSA) is 80.1 Å². The van der Waals surface area contributed by atoms with Crippen molar-refractivity contribution in [3.05, 3.63) is 40.6 Å². The predicted molar refractivity (Wildman–Crippen MR) is 107 cm³/mol. The molecule has 7 nitrogen and oxygen atoms in total. The standard InChI is InChI=1S/C18H25N3O4S2/c1-5-21(12-15-7-6-10-26-15)13-18(22)19-14-8-9-16(25-4)17(11-14)27(23,24)20(2)3/h6-11H,5,12-13H2,1-4H3,(H,19,22)/p+1. The van der Waals surface area contributed by atoms with E-state index in [-0.39, 0.29) is 16.6 Å². The van der Waals surface area contributed by atoms with Crippen molar-refractivity contribution in [2.45, 2.75) is 18.4 Å². The van der Waals surface area contributed by atoms with E-state index in [1.54, 1.807) is 23.5 Å². The van der Waals surface area contributed by atoms with E-state index in [1.165, 1.54) is 32.1 Å². The molecule has 0 aliphatic carbocycles. The van der Waals surface area contributed by atoms with Gasteiger partial charge in [0.2, 0.25) is 10.0 Å². The molecule has 0 saturated heterocycles. The quantitative estimate of drug-likeness (QED) is 0.645. The van der Waals surface area contributed by atoms with Gasteiger partial charge in [-0.25, -0.2) is 12.7 Å². The maximum absolute atomic E-state index is 12.5. The molecular weight excluding hydrogens is 386 g/mol. The third-order valence-corrected chi connectivity index (χ3v) is 6.83. The molecule has 0 aliphatic heterocycles. The lowest BCUT2D eigenvalue weighted by Crippen LogP contribution is -3.11. The van der Waals surface area contributed by atoms with Gasteiger partial charge in [0.25, 0.3) is 5.91 Å². The molecule has 1 atom stereocenters. The molecule has 0 fully saturated rings. The lowest BCUT2D eigenvalue weighted by Gasteiger charge is -2.18. The molecule has 0 radical (unpaired) electrons. The van der Waals surface area contributed by atoms with Gasteiger partial charge in [0.1, 0.15) is 17.2 Å². The third kappa shape index (κ3) is 5.52. The van der Waals surface area contributed by atoms with Crippen LogP contribution in [0.5, 0.6) is 5.75 Å². The van der Waals surface area contributed by atoms with E-state index in [9.17, 15) is 13.2 Å². The summed E-state index contributed by atoms with van der Waals surface area (Å²) in [7, 11) is 0.628. The zero-order valence-corrected chi connectivity index (χ0v) is 17.6. The molecule has 1 aromatic heterocycles. The molecule has 148 valence electrons. The Morgan fingerprint density at radius 3 is 2.59 bits per heavy atom. The normalized spacial score (nSPS) is 12.8. The van der Waals surface area contributed by atoms with E-state index in [1.807, 2.05) is 18.4 Å². The summed E-state index contributed by atoms with van der Waals surface area (Å²) in [6.07, 6.45) is 0. The number of hydrogen-bond acceptors (Lipinski definition) is 5. The molecule has 0 spiro atoms. The van der Waals surface area contributed by atoms with Crippen LogP contribution in [-0.4, -0.2) is 52.9 Å². The van der Waals surface area contributed by atoms with Gasteiger partial charge in [-0.05, 0) is 36.6 Å². The monoisotopic (exact) mass is 412 g/mol. The number of rotatable bonds is 9. The molecule has 0 saturated carbocycles. The van der Waals surface area contributed by atoms with Crippen molar-refractivity contribution in [3.63, 3.8) is 0 Å². The second-order valence-corrected chi connectivity index (χ2v) is 9.39. The number of hydrogen-bond donors (Lipinski definition) is 2. The van der Waals surface area contributed by atoms with E-state index in [4.69, 9.17) is 4.74 Å². The highest BCUT2D eigenvalue weighted by molar-refractivity contribution is 7.89. The number of methoxy groups -OCH3 is 1. The number of carbonyl (C=O) groups excluding carboxylic acids is 1. The number of ether oxygens (including phenoxy) is 1. The summed E-state index contributed by atoms with van der Waals surface area (Å²) in [5, 5.41) is 4.81. The van der Waals surface area contributed by atoms with Crippen LogP contribution in [0.2, 0.25) is 0 Å². The van der Waals surface area contributed by atoms with Crippen molar-refractivity contribution in [2.75, 3.05) is 39.6 Å². The van der Waals surface area contributed by atoms with Crippen LogP contribution < -0.4 is 15.0 Å². The number of amides is 1.